The first-order chi connectivity index (χ1) is 9.28. The molecule has 2 heterocycles. The van der Waals surface area contributed by atoms with Gasteiger partial charge in [-0.1, -0.05) is 18.2 Å². The number of anilines is 1. The highest BCUT2D eigenvalue weighted by atomic mass is 16.5. The van der Waals surface area contributed by atoms with Crippen molar-refractivity contribution in [3.05, 3.63) is 36.7 Å². The van der Waals surface area contributed by atoms with Crippen LogP contribution in [0.15, 0.2) is 36.7 Å². The molecule has 3 aromatic rings. The Hall–Kier alpha value is -2.76. The third kappa shape index (κ3) is 2.03. The highest BCUT2D eigenvalue weighted by Crippen LogP contribution is 2.26. The average Bonchev–Trinajstić information content (AvgIpc) is 2.46. The van der Waals surface area contributed by atoms with Gasteiger partial charge in [0.2, 0.25) is 5.95 Å². The van der Waals surface area contributed by atoms with Gasteiger partial charge in [0.25, 0.3) is 0 Å². The first-order valence-corrected chi connectivity index (χ1v) is 5.66. The molecular weight excluding hydrogens is 242 g/mol. The zero-order valence-electron chi connectivity index (χ0n) is 10.2. The maximum absolute atomic E-state index is 5.66. The van der Waals surface area contributed by atoms with E-state index >= 15 is 0 Å². The van der Waals surface area contributed by atoms with E-state index in [2.05, 4.69) is 19.9 Å². The minimum atomic E-state index is 0.132. The van der Waals surface area contributed by atoms with Gasteiger partial charge in [-0.2, -0.15) is 15.0 Å². The molecule has 6 nitrogen and oxygen atoms in total. The largest absolute Gasteiger partial charge is 0.467 e. The van der Waals surface area contributed by atoms with Crippen molar-refractivity contribution in [2.75, 3.05) is 12.8 Å². The van der Waals surface area contributed by atoms with Crippen molar-refractivity contribution in [3.63, 3.8) is 0 Å². The Bertz CT molecular complexity index is 739. The Morgan fingerprint density at radius 2 is 2.00 bits per heavy atom. The molecule has 0 saturated carbocycles. The SMILES string of the molecule is COc1nc(N)nc(-c2cccc3cnccc23)n1. The maximum Gasteiger partial charge on any atom is 0.321 e. The lowest BCUT2D eigenvalue weighted by Crippen LogP contribution is -2.02. The Morgan fingerprint density at radius 3 is 2.84 bits per heavy atom. The molecule has 19 heavy (non-hydrogen) atoms. The van der Waals surface area contributed by atoms with Gasteiger partial charge in [-0.15, -0.1) is 0 Å². The average molecular weight is 253 g/mol. The molecule has 1 aromatic carbocycles. The van der Waals surface area contributed by atoms with Gasteiger partial charge in [0.15, 0.2) is 5.82 Å². The Morgan fingerprint density at radius 1 is 1.11 bits per heavy atom. The number of methoxy groups -OCH3 is 1. The molecule has 2 N–H and O–H groups in total. The van der Waals surface area contributed by atoms with E-state index in [0.717, 1.165) is 16.3 Å². The standard InChI is InChI=1S/C13H11N5O/c1-19-13-17-11(16-12(14)18-13)10-4-2-3-8-7-15-6-5-9(8)10/h2-7H,1H3,(H2,14,16,17,18). The number of nitrogen functional groups attached to an aromatic ring is 1. The van der Waals surface area contributed by atoms with Crippen LogP contribution in [-0.2, 0) is 0 Å². The molecule has 0 aliphatic rings. The quantitative estimate of drug-likeness (QED) is 0.747. The summed E-state index contributed by atoms with van der Waals surface area (Å²) in [6, 6.07) is 7.95. The molecule has 0 radical (unpaired) electrons. The van der Waals surface area contributed by atoms with Crippen molar-refractivity contribution in [3.8, 4) is 17.4 Å². The van der Waals surface area contributed by atoms with E-state index in [0.29, 0.717) is 5.82 Å². The smallest absolute Gasteiger partial charge is 0.321 e. The van der Waals surface area contributed by atoms with Crippen molar-refractivity contribution in [1.82, 2.24) is 19.9 Å². The molecule has 0 unspecified atom stereocenters. The number of rotatable bonds is 2. The normalized spacial score (nSPS) is 10.6. The van der Waals surface area contributed by atoms with Gasteiger partial charge in [-0.25, -0.2) is 0 Å². The molecule has 0 spiro atoms. The van der Waals surface area contributed by atoms with Gasteiger partial charge >= 0.3 is 6.01 Å². The number of hydrogen-bond donors (Lipinski definition) is 1. The summed E-state index contributed by atoms with van der Waals surface area (Å²) in [6.45, 7) is 0. The number of fused-ring (bicyclic) bond motifs is 1. The predicted octanol–water partition coefficient (Wildman–Crippen LogP) is 1.68. The summed E-state index contributed by atoms with van der Waals surface area (Å²) in [6.07, 6.45) is 3.52. The number of pyridine rings is 1. The Balaban J connectivity index is 2.27. The third-order valence-electron chi connectivity index (χ3n) is 2.74. The van der Waals surface area contributed by atoms with Crippen LogP contribution in [0.5, 0.6) is 6.01 Å². The predicted molar refractivity (Wildman–Crippen MR) is 71.5 cm³/mol. The molecule has 0 aliphatic heterocycles. The van der Waals surface area contributed by atoms with Gasteiger partial charge < -0.3 is 10.5 Å². The fourth-order valence-electron chi connectivity index (χ4n) is 1.90. The zero-order valence-corrected chi connectivity index (χ0v) is 10.2. The van der Waals surface area contributed by atoms with Crippen LogP contribution in [0.4, 0.5) is 5.95 Å². The van der Waals surface area contributed by atoms with Crippen LogP contribution in [-0.4, -0.2) is 27.0 Å². The van der Waals surface area contributed by atoms with Crippen LogP contribution >= 0.6 is 0 Å². The van der Waals surface area contributed by atoms with Gasteiger partial charge in [0, 0.05) is 23.3 Å². The number of nitrogens with two attached hydrogens (primary N) is 1. The number of aromatic nitrogens is 4. The van der Waals surface area contributed by atoms with Crippen LogP contribution in [0.3, 0.4) is 0 Å². The minimum absolute atomic E-state index is 0.132. The second kappa shape index (κ2) is 4.49. The number of hydrogen-bond acceptors (Lipinski definition) is 6. The van der Waals surface area contributed by atoms with E-state index in [1.54, 1.807) is 12.4 Å². The summed E-state index contributed by atoms with van der Waals surface area (Å²) < 4.78 is 5.01. The van der Waals surface area contributed by atoms with Crippen molar-refractivity contribution < 1.29 is 4.74 Å². The van der Waals surface area contributed by atoms with Crippen LogP contribution < -0.4 is 10.5 Å². The molecule has 0 aliphatic carbocycles. The molecule has 2 aromatic heterocycles. The summed E-state index contributed by atoms with van der Waals surface area (Å²) in [4.78, 5) is 16.4. The Kier molecular flexibility index (Phi) is 2.68. The molecule has 0 saturated heterocycles. The van der Waals surface area contributed by atoms with Crippen molar-refractivity contribution in [2.45, 2.75) is 0 Å². The lowest BCUT2D eigenvalue weighted by atomic mass is 10.1. The fraction of sp³-hybridized carbons (Fsp3) is 0.0769. The van der Waals surface area contributed by atoms with Crippen LogP contribution in [0.1, 0.15) is 0 Å². The molecule has 0 atom stereocenters. The van der Waals surface area contributed by atoms with Gasteiger partial charge in [-0.3, -0.25) is 4.98 Å². The summed E-state index contributed by atoms with van der Waals surface area (Å²) in [5, 5.41) is 2.02. The number of benzene rings is 1. The Labute approximate surface area is 109 Å². The van der Waals surface area contributed by atoms with Gasteiger partial charge in [0.1, 0.15) is 0 Å². The van der Waals surface area contributed by atoms with Gasteiger partial charge in [0.05, 0.1) is 7.11 Å². The van der Waals surface area contributed by atoms with Crippen molar-refractivity contribution >= 4 is 16.7 Å². The monoisotopic (exact) mass is 253 g/mol. The van der Waals surface area contributed by atoms with Crippen molar-refractivity contribution in [2.24, 2.45) is 0 Å². The summed E-state index contributed by atoms with van der Waals surface area (Å²) in [5.74, 6) is 0.619. The van der Waals surface area contributed by atoms with Crippen LogP contribution in [0.2, 0.25) is 0 Å². The highest BCUT2D eigenvalue weighted by molar-refractivity contribution is 5.94. The molecule has 0 amide bonds. The van der Waals surface area contributed by atoms with E-state index in [4.69, 9.17) is 10.5 Å². The topological polar surface area (TPSA) is 86.8 Å². The van der Waals surface area contributed by atoms with E-state index in [1.165, 1.54) is 7.11 Å². The van der Waals surface area contributed by atoms with E-state index in [1.807, 2.05) is 24.3 Å². The zero-order chi connectivity index (χ0) is 13.2. The number of ether oxygens (including phenoxy) is 1. The molecular formula is C13H11N5O. The van der Waals surface area contributed by atoms with Crippen LogP contribution in [0.25, 0.3) is 22.2 Å². The summed E-state index contributed by atoms with van der Waals surface area (Å²) in [5.41, 5.74) is 6.53. The van der Waals surface area contributed by atoms with Crippen LogP contribution in [0, 0.1) is 0 Å². The maximum atomic E-state index is 5.66. The lowest BCUT2D eigenvalue weighted by Gasteiger charge is -2.06. The van der Waals surface area contributed by atoms with E-state index in [9.17, 15) is 0 Å². The lowest BCUT2D eigenvalue weighted by molar-refractivity contribution is 0.379. The molecule has 94 valence electrons. The van der Waals surface area contributed by atoms with E-state index in [-0.39, 0.29) is 12.0 Å². The third-order valence-corrected chi connectivity index (χ3v) is 2.74. The minimum Gasteiger partial charge on any atom is -0.467 e. The fourth-order valence-corrected chi connectivity index (χ4v) is 1.90. The molecule has 0 fully saturated rings. The number of nitrogens with zero attached hydrogens (tertiary/aromatic N) is 4. The molecule has 0 bridgehead atoms. The first-order valence-electron chi connectivity index (χ1n) is 5.66. The molecule has 3 rings (SSSR count). The molecule has 6 heteroatoms. The summed E-state index contributed by atoms with van der Waals surface area (Å²) in [7, 11) is 1.49. The van der Waals surface area contributed by atoms with Gasteiger partial charge in [-0.05, 0) is 11.5 Å². The summed E-state index contributed by atoms with van der Waals surface area (Å²) >= 11 is 0. The van der Waals surface area contributed by atoms with E-state index < -0.39 is 0 Å². The first kappa shape index (κ1) is 11.3. The second-order valence-electron chi connectivity index (χ2n) is 3.91. The highest BCUT2D eigenvalue weighted by Gasteiger charge is 2.10. The van der Waals surface area contributed by atoms with Crippen molar-refractivity contribution in [1.29, 1.82) is 0 Å². The second-order valence-corrected chi connectivity index (χ2v) is 3.91.